The quantitative estimate of drug-likeness (QED) is 0.401. The van der Waals surface area contributed by atoms with Crippen molar-refractivity contribution in [3.05, 3.63) is 24.3 Å². The molecule has 0 fully saturated rings. The highest BCUT2D eigenvalue weighted by atomic mass is 32.1. The predicted molar refractivity (Wildman–Crippen MR) is 89.2 cm³/mol. The van der Waals surface area contributed by atoms with Gasteiger partial charge in [-0.25, -0.2) is 14.6 Å². The van der Waals surface area contributed by atoms with Crippen LogP contribution in [0.4, 0.5) is 36.3 Å². The fraction of sp³-hybridized carbons (Fsp3) is 0.400. The van der Waals surface area contributed by atoms with E-state index in [9.17, 15) is 35.9 Å². The van der Waals surface area contributed by atoms with Crippen molar-refractivity contribution < 1.29 is 45.4 Å². The number of carbonyl (C=O) groups is 2. The number of thiazole rings is 1. The molecule has 29 heavy (non-hydrogen) atoms. The van der Waals surface area contributed by atoms with E-state index < -0.39 is 43.3 Å². The summed E-state index contributed by atoms with van der Waals surface area (Å²) >= 11 is 0.894. The molecule has 0 aliphatic carbocycles. The minimum Gasteiger partial charge on any atom is -0.462 e. The number of ether oxygens (including phenoxy) is 2. The zero-order valence-electron chi connectivity index (χ0n) is 14.5. The summed E-state index contributed by atoms with van der Waals surface area (Å²) in [6.07, 6.45) is -11.0. The molecule has 14 heteroatoms. The number of carbonyl (C=O) groups excluding carboxylic acids is 2. The second-order valence-electron chi connectivity index (χ2n) is 5.37. The molecule has 2 amide bonds. The number of rotatable bonds is 6. The maximum atomic E-state index is 13.5. The SMILES string of the molecule is CCOC(=O)[C@](NC(=O)Nc1nc2ccccc2s1)(OCC(F)(F)F)C(F)(F)F. The monoisotopic (exact) mass is 445 g/mol. The molecule has 7 nitrogen and oxygen atoms in total. The highest BCUT2D eigenvalue weighted by Gasteiger charge is 2.66. The fourth-order valence-corrected chi connectivity index (χ4v) is 2.91. The van der Waals surface area contributed by atoms with E-state index in [-0.39, 0.29) is 5.13 Å². The van der Waals surface area contributed by atoms with Crippen LogP contribution in [0.5, 0.6) is 0 Å². The van der Waals surface area contributed by atoms with Crippen LogP contribution in [0.15, 0.2) is 24.3 Å². The Morgan fingerprint density at radius 2 is 1.79 bits per heavy atom. The summed E-state index contributed by atoms with van der Waals surface area (Å²) in [5, 5.41) is 2.90. The molecule has 0 aliphatic heterocycles. The van der Waals surface area contributed by atoms with Crippen LogP contribution < -0.4 is 10.6 Å². The number of esters is 1. The summed E-state index contributed by atoms with van der Waals surface area (Å²) in [6.45, 7) is -1.94. The van der Waals surface area contributed by atoms with Crippen LogP contribution in [0.25, 0.3) is 10.2 Å². The average molecular weight is 445 g/mol. The molecule has 0 radical (unpaired) electrons. The smallest absolute Gasteiger partial charge is 0.448 e. The van der Waals surface area contributed by atoms with Crippen molar-refractivity contribution in [1.29, 1.82) is 0 Å². The number of fused-ring (bicyclic) bond motifs is 1. The molecule has 1 heterocycles. The Balaban J connectivity index is 2.30. The van der Waals surface area contributed by atoms with Gasteiger partial charge in [-0.15, -0.1) is 0 Å². The zero-order valence-corrected chi connectivity index (χ0v) is 15.3. The van der Waals surface area contributed by atoms with Gasteiger partial charge in [-0.2, -0.15) is 26.3 Å². The number of alkyl halides is 6. The van der Waals surface area contributed by atoms with Gasteiger partial charge >= 0.3 is 30.1 Å². The van der Waals surface area contributed by atoms with Gasteiger partial charge in [0.2, 0.25) is 0 Å². The Morgan fingerprint density at radius 3 is 2.34 bits per heavy atom. The molecule has 160 valence electrons. The largest absolute Gasteiger partial charge is 0.462 e. The Hall–Kier alpha value is -2.61. The van der Waals surface area contributed by atoms with Crippen LogP contribution in [0.2, 0.25) is 0 Å². The topological polar surface area (TPSA) is 89.5 Å². The molecule has 1 aromatic heterocycles. The molecule has 2 rings (SSSR count). The molecule has 0 saturated heterocycles. The average Bonchev–Trinajstić information content (AvgIpc) is 2.98. The van der Waals surface area contributed by atoms with E-state index in [4.69, 9.17) is 0 Å². The van der Waals surface area contributed by atoms with Gasteiger partial charge in [0.15, 0.2) is 5.13 Å². The van der Waals surface area contributed by atoms with Crippen LogP contribution in [-0.2, 0) is 14.3 Å². The summed E-state index contributed by atoms with van der Waals surface area (Å²) < 4.78 is 86.6. The summed E-state index contributed by atoms with van der Waals surface area (Å²) in [7, 11) is 0. The number of para-hydroxylation sites is 1. The summed E-state index contributed by atoms with van der Waals surface area (Å²) in [6, 6.07) is 4.81. The molecular formula is C15H13F6N3O4S. The molecule has 0 spiro atoms. The third-order valence-corrected chi connectivity index (χ3v) is 4.17. The first-order chi connectivity index (χ1) is 13.4. The van der Waals surface area contributed by atoms with E-state index in [1.165, 1.54) is 0 Å². The van der Waals surface area contributed by atoms with Crippen LogP contribution in [0.3, 0.4) is 0 Å². The Bertz CT molecular complexity index is 852. The van der Waals surface area contributed by atoms with Gasteiger partial charge in [-0.3, -0.25) is 10.6 Å². The third kappa shape index (κ3) is 5.47. The van der Waals surface area contributed by atoms with Crippen molar-refractivity contribution in [3.8, 4) is 0 Å². The van der Waals surface area contributed by atoms with E-state index in [1.54, 1.807) is 24.3 Å². The number of nitrogens with zero attached hydrogens (tertiary/aromatic N) is 1. The van der Waals surface area contributed by atoms with E-state index in [2.05, 4.69) is 14.5 Å². The zero-order chi connectivity index (χ0) is 21.9. The van der Waals surface area contributed by atoms with Crippen molar-refractivity contribution in [3.63, 3.8) is 0 Å². The molecular weight excluding hydrogens is 432 g/mol. The van der Waals surface area contributed by atoms with Crippen molar-refractivity contribution in [1.82, 2.24) is 10.3 Å². The fourth-order valence-electron chi connectivity index (χ4n) is 2.05. The molecule has 1 atom stereocenters. The van der Waals surface area contributed by atoms with Crippen molar-refractivity contribution in [2.45, 2.75) is 25.0 Å². The summed E-state index contributed by atoms with van der Waals surface area (Å²) in [5.41, 5.74) is -3.95. The highest BCUT2D eigenvalue weighted by Crippen LogP contribution is 2.35. The number of nitrogens with one attached hydrogen (secondary N) is 2. The first-order valence-electron chi connectivity index (χ1n) is 7.77. The Morgan fingerprint density at radius 1 is 1.14 bits per heavy atom. The maximum Gasteiger partial charge on any atom is 0.448 e. The van der Waals surface area contributed by atoms with Gasteiger partial charge < -0.3 is 9.47 Å². The number of hydrogen-bond donors (Lipinski definition) is 2. The number of anilines is 1. The molecule has 0 unspecified atom stereocenters. The number of halogens is 6. The van der Waals surface area contributed by atoms with Crippen molar-refractivity contribution >= 4 is 38.7 Å². The first-order valence-corrected chi connectivity index (χ1v) is 8.59. The third-order valence-electron chi connectivity index (χ3n) is 3.22. The van der Waals surface area contributed by atoms with E-state index in [1.807, 2.05) is 5.32 Å². The van der Waals surface area contributed by atoms with Gasteiger partial charge in [0.25, 0.3) is 0 Å². The number of amides is 2. The van der Waals surface area contributed by atoms with Gasteiger partial charge in [0.1, 0.15) is 6.61 Å². The van der Waals surface area contributed by atoms with Gasteiger partial charge in [-0.1, -0.05) is 23.5 Å². The van der Waals surface area contributed by atoms with Gasteiger partial charge in [-0.05, 0) is 19.1 Å². The minimum atomic E-state index is -5.77. The van der Waals surface area contributed by atoms with Crippen molar-refractivity contribution in [2.75, 3.05) is 18.5 Å². The Labute approximate surface area is 163 Å². The molecule has 1 aromatic carbocycles. The van der Waals surface area contributed by atoms with Crippen LogP contribution in [-0.4, -0.2) is 48.3 Å². The van der Waals surface area contributed by atoms with Crippen LogP contribution >= 0.6 is 11.3 Å². The molecule has 2 N–H and O–H groups in total. The minimum absolute atomic E-state index is 0.153. The van der Waals surface area contributed by atoms with Gasteiger partial charge in [0.05, 0.1) is 16.8 Å². The van der Waals surface area contributed by atoms with E-state index >= 15 is 0 Å². The molecule has 0 saturated carbocycles. The van der Waals surface area contributed by atoms with E-state index in [0.717, 1.165) is 23.6 Å². The second-order valence-corrected chi connectivity index (χ2v) is 6.40. The maximum absolute atomic E-state index is 13.5. The lowest BCUT2D eigenvalue weighted by Crippen LogP contribution is -2.67. The highest BCUT2D eigenvalue weighted by molar-refractivity contribution is 7.22. The second kappa shape index (κ2) is 8.41. The van der Waals surface area contributed by atoms with Gasteiger partial charge in [0, 0.05) is 0 Å². The molecule has 2 aromatic rings. The summed E-state index contributed by atoms with van der Waals surface area (Å²) in [4.78, 5) is 27.9. The number of hydrogen-bond acceptors (Lipinski definition) is 6. The lowest BCUT2D eigenvalue weighted by molar-refractivity contribution is -0.305. The number of aromatic nitrogens is 1. The molecule has 0 aliphatic rings. The lowest BCUT2D eigenvalue weighted by Gasteiger charge is -2.33. The predicted octanol–water partition coefficient (Wildman–Crippen LogP) is 3.82. The standard InChI is InChI=1S/C15H13F6N3O4S/c1-2-27-10(25)14(15(19,20)21,28-7-13(16,17)18)24-11(26)23-12-22-8-5-3-4-6-9(8)29-12/h3-6H,2,7H2,1H3,(H2,22,23,24,26)/t14-/m0/s1. The van der Waals surface area contributed by atoms with Crippen LogP contribution in [0.1, 0.15) is 6.92 Å². The Kier molecular flexibility index (Phi) is 6.57. The molecule has 0 bridgehead atoms. The van der Waals surface area contributed by atoms with E-state index in [0.29, 0.717) is 10.2 Å². The lowest BCUT2D eigenvalue weighted by atomic mass is 10.2. The first kappa shape index (κ1) is 22.7. The normalized spacial score (nSPS) is 14.3. The summed E-state index contributed by atoms with van der Waals surface area (Å²) in [5.74, 6) is -2.25. The number of urea groups is 1. The van der Waals surface area contributed by atoms with Crippen LogP contribution in [0, 0.1) is 0 Å². The number of benzene rings is 1. The van der Waals surface area contributed by atoms with Crippen molar-refractivity contribution in [2.24, 2.45) is 0 Å².